The van der Waals surface area contributed by atoms with Gasteiger partial charge in [-0.05, 0) is 97.7 Å². The summed E-state index contributed by atoms with van der Waals surface area (Å²) in [6.45, 7) is 14.9. The molecule has 4 rings (SSSR count). The molecule has 4 aliphatic carbocycles. The van der Waals surface area contributed by atoms with Crippen molar-refractivity contribution in [1.29, 1.82) is 0 Å². The van der Waals surface area contributed by atoms with Crippen LogP contribution in [0.15, 0.2) is 11.6 Å². The fourth-order valence-electron chi connectivity index (χ4n) is 10.6. The van der Waals surface area contributed by atoms with Gasteiger partial charge in [-0.25, -0.2) is 0 Å². The van der Waals surface area contributed by atoms with Crippen molar-refractivity contribution in [3.63, 3.8) is 0 Å². The Morgan fingerprint density at radius 3 is 2.27 bits per heavy atom. The van der Waals surface area contributed by atoms with E-state index in [1.54, 1.807) is 5.57 Å². The molecular formula is C39H68O2. The molecule has 0 saturated heterocycles. The van der Waals surface area contributed by atoms with Gasteiger partial charge in [-0.15, -0.1) is 0 Å². The fraction of sp³-hybridized carbons (Fsp3) is 0.923. The summed E-state index contributed by atoms with van der Waals surface area (Å²) in [7, 11) is 0. The van der Waals surface area contributed by atoms with Gasteiger partial charge in [0, 0.05) is 12.8 Å². The summed E-state index contributed by atoms with van der Waals surface area (Å²) in [6, 6.07) is 0. The summed E-state index contributed by atoms with van der Waals surface area (Å²) >= 11 is 0. The van der Waals surface area contributed by atoms with Gasteiger partial charge >= 0.3 is 5.97 Å². The van der Waals surface area contributed by atoms with Gasteiger partial charge in [0.15, 0.2) is 0 Å². The summed E-state index contributed by atoms with van der Waals surface area (Å²) in [4.78, 5) is 12.7. The molecule has 3 saturated carbocycles. The van der Waals surface area contributed by atoms with E-state index in [2.05, 4.69) is 47.6 Å². The summed E-state index contributed by atoms with van der Waals surface area (Å²) < 4.78 is 6.09. The lowest BCUT2D eigenvalue weighted by Gasteiger charge is -2.58. The largest absolute Gasteiger partial charge is 0.462 e. The molecule has 0 aromatic rings. The Morgan fingerprint density at radius 2 is 1.56 bits per heavy atom. The quantitative estimate of drug-likeness (QED) is 0.105. The van der Waals surface area contributed by atoms with E-state index in [-0.39, 0.29) is 12.1 Å². The highest BCUT2D eigenvalue weighted by Gasteiger charge is 2.59. The third kappa shape index (κ3) is 8.03. The third-order valence-electron chi connectivity index (χ3n) is 13.0. The van der Waals surface area contributed by atoms with Crippen LogP contribution in [0.25, 0.3) is 0 Å². The van der Waals surface area contributed by atoms with Gasteiger partial charge in [0.2, 0.25) is 0 Å². The second kappa shape index (κ2) is 15.3. The fourth-order valence-corrected chi connectivity index (χ4v) is 10.6. The summed E-state index contributed by atoms with van der Waals surface area (Å²) in [6.07, 6.45) is 29.6. The summed E-state index contributed by atoms with van der Waals surface area (Å²) in [5.41, 5.74) is 2.54. The van der Waals surface area contributed by atoms with E-state index in [4.69, 9.17) is 4.74 Å². The van der Waals surface area contributed by atoms with Crippen molar-refractivity contribution >= 4 is 5.97 Å². The molecule has 0 spiro atoms. The van der Waals surface area contributed by atoms with Gasteiger partial charge in [-0.2, -0.15) is 0 Å². The summed E-state index contributed by atoms with van der Waals surface area (Å²) in [5, 5.41) is 0. The molecule has 0 unspecified atom stereocenters. The molecule has 0 aromatic carbocycles. The first-order valence-corrected chi connectivity index (χ1v) is 18.6. The minimum atomic E-state index is 0.0591. The van der Waals surface area contributed by atoms with E-state index in [1.807, 2.05) is 0 Å². The first-order chi connectivity index (χ1) is 19.7. The lowest BCUT2D eigenvalue weighted by atomic mass is 9.47. The van der Waals surface area contributed by atoms with Gasteiger partial charge in [-0.3, -0.25) is 4.79 Å². The average Bonchev–Trinajstić information content (AvgIpc) is 3.29. The van der Waals surface area contributed by atoms with E-state index >= 15 is 0 Å². The normalized spacial score (nSPS) is 35.4. The Morgan fingerprint density at radius 1 is 0.854 bits per heavy atom. The van der Waals surface area contributed by atoms with Crippen LogP contribution in [-0.2, 0) is 9.53 Å². The Kier molecular flexibility index (Phi) is 12.3. The van der Waals surface area contributed by atoms with E-state index in [9.17, 15) is 4.79 Å². The maximum absolute atomic E-state index is 12.7. The van der Waals surface area contributed by atoms with Gasteiger partial charge < -0.3 is 4.74 Å². The molecule has 0 bridgehead atoms. The molecule has 0 N–H and O–H groups in total. The second-order valence-electron chi connectivity index (χ2n) is 16.2. The molecule has 2 nitrogen and oxygen atoms in total. The van der Waals surface area contributed by atoms with Crippen molar-refractivity contribution in [1.82, 2.24) is 0 Å². The maximum atomic E-state index is 12.7. The predicted molar refractivity (Wildman–Crippen MR) is 175 cm³/mol. The third-order valence-corrected chi connectivity index (χ3v) is 13.0. The SMILES string of the molecule is CCCCCCCCCCCC(=O)O[C@H]1CC[C@@]2(C)C(=CC[C@H]3[C@@H]4CC[C@H]([C@H](C)CCCC(C)C)[C@@]4(C)CC[C@@H]32)C1. The van der Waals surface area contributed by atoms with Crippen LogP contribution in [0.5, 0.6) is 0 Å². The monoisotopic (exact) mass is 569 g/mol. The Hall–Kier alpha value is -0.790. The van der Waals surface area contributed by atoms with Crippen LogP contribution in [-0.4, -0.2) is 12.1 Å². The number of fused-ring (bicyclic) bond motifs is 5. The zero-order valence-corrected chi connectivity index (χ0v) is 28.3. The van der Waals surface area contributed by atoms with Crippen molar-refractivity contribution in [2.24, 2.45) is 46.3 Å². The number of unbranched alkanes of at least 4 members (excludes halogenated alkanes) is 8. The van der Waals surface area contributed by atoms with E-state index in [0.717, 1.165) is 54.8 Å². The van der Waals surface area contributed by atoms with Crippen molar-refractivity contribution in [3.8, 4) is 0 Å². The molecule has 8 atom stereocenters. The topological polar surface area (TPSA) is 26.3 Å². The Labute approximate surface area is 255 Å². The van der Waals surface area contributed by atoms with E-state index in [0.29, 0.717) is 17.3 Å². The van der Waals surface area contributed by atoms with Crippen LogP contribution >= 0.6 is 0 Å². The number of carbonyl (C=O) groups excluding carboxylic acids is 1. The molecule has 3 fully saturated rings. The van der Waals surface area contributed by atoms with Crippen molar-refractivity contribution in [2.75, 3.05) is 0 Å². The number of ether oxygens (including phenoxy) is 1. The standard InChI is InChI=1S/C39H68O2/c1-7-8-9-10-11-12-13-14-15-19-37(40)41-32-24-26-38(5)31(28-32)20-21-33-35-23-22-34(30(4)18-16-17-29(2)3)39(35,6)27-25-36(33)38/h20,29-30,32-36H,7-19,21-28H2,1-6H3/t30-,32+,33+,34-,35+,36+,38+,39-/m1/s1. The van der Waals surface area contributed by atoms with Gasteiger partial charge in [0.05, 0.1) is 0 Å². The van der Waals surface area contributed by atoms with Crippen LogP contribution < -0.4 is 0 Å². The van der Waals surface area contributed by atoms with Crippen LogP contribution in [0.1, 0.15) is 176 Å². The highest BCUT2D eigenvalue weighted by Crippen LogP contribution is 2.67. The Bertz CT molecular complexity index is 843. The predicted octanol–water partition coefficient (Wildman–Crippen LogP) is 11.9. The molecule has 0 heterocycles. The minimum absolute atomic E-state index is 0.0591. The average molecular weight is 569 g/mol. The zero-order chi connectivity index (χ0) is 29.5. The van der Waals surface area contributed by atoms with Crippen molar-refractivity contribution < 1.29 is 9.53 Å². The number of carbonyl (C=O) groups is 1. The number of rotatable bonds is 16. The molecule has 236 valence electrons. The number of hydrogen-bond donors (Lipinski definition) is 0. The molecule has 2 heteroatoms. The zero-order valence-electron chi connectivity index (χ0n) is 28.3. The molecule has 0 amide bonds. The molecule has 0 radical (unpaired) electrons. The lowest BCUT2D eigenvalue weighted by molar-refractivity contribution is -0.151. The van der Waals surface area contributed by atoms with Crippen LogP contribution in [0.2, 0.25) is 0 Å². The molecule has 4 aliphatic rings. The second-order valence-corrected chi connectivity index (χ2v) is 16.2. The van der Waals surface area contributed by atoms with Crippen LogP contribution in [0.4, 0.5) is 0 Å². The highest BCUT2D eigenvalue weighted by molar-refractivity contribution is 5.69. The molecule has 0 aromatic heterocycles. The maximum Gasteiger partial charge on any atom is 0.306 e. The van der Waals surface area contributed by atoms with Crippen LogP contribution in [0.3, 0.4) is 0 Å². The molecule has 0 aliphatic heterocycles. The van der Waals surface area contributed by atoms with Crippen molar-refractivity contribution in [3.05, 3.63) is 11.6 Å². The number of hydrogen-bond acceptors (Lipinski definition) is 2. The smallest absolute Gasteiger partial charge is 0.306 e. The van der Waals surface area contributed by atoms with Gasteiger partial charge in [0.1, 0.15) is 6.10 Å². The minimum Gasteiger partial charge on any atom is -0.462 e. The van der Waals surface area contributed by atoms with Crippen LogP contribution in [0, 0.1) is 46.3 Å². The lowest BCUT2D eigenvalue weighted by Crippen LogP contribution is -2.51. The number of allylic oxidation sites excluding steroid dienone is 1. The Balaban J connectivity index is 1.24. The molecule has 41 heavy (non-hydrogen) atoms. The first-order valence-electron chi connectivity index (χ1n) is 18.6. The summed E-state index contributed by atoms with van der Waals surface area (Å²) in [5.74, 6) is 5.34. The number of esters is 1. The van der Waals surface area contributed by atoms with E-state index in [1.165, 1.54) is 109 Å². The highest BCUT2D eigenvalue weighted by atomic mass is 16.5. The van der Waals surface area contributed by atoms with Gasteiger partial charge in [0.25, 0.3) is 0 Å². The van der Waals surface area contributed by atoms with E-state index < -0.39 is 0 Å². The molecular weight excluding hydrogens is 500 g/mol. The van der Waals surface area contributed by atoms with Gasteiger partial charge in [-0.1, -0.05) is 124 Å². The van der Waals surface area contributed by atoms with Crippen molar-refractivity contribution in [2.45, 2.75) is 182 Å². The first kappa shape index (κ1) is 33.1.